The number of nitrogens with zero attached hydrogens (tertiary/aromatic N) is 3. The van der Waals surface area contributed by atoms with Gasteiger partial charge >= 0.3 is 0 Å². The fraction of sp³-hybridized carbons (Fsp3) is 0.0952. The number of furan rings is 1. The van der Waals surface area contributed by atoms with Gasteiger partial charge in [-0.2, -0.15) is 0 Å². The molecule has 29 heavy (non-hydrogen) atoms. The average molecular weight is 469 g/mol. The van der Waals surface area contributed by atoms with Crippen molar-refractivity contribution in [3.05, 3.63) is 88.1 Å². The minimum absolute atomic E-state index is 0.435. The van der Waals surface area contributed by atoms with E-state index in [1.165, 1.54) is 0 Å². The van der Waals surface area contributed by atoms with Crippen molar-refractivity contribution in [2.75, 3.05) is 0 Å². The first-order chi connectivity index (χ1) is 14.1. The molecule has 146 valence electrons. The summed E-state index contributed by atoms with van der Waals surface area (Å²) in [5.74, 6) is 1.50. The lowest BCUT2D eigenvalue weighted by atomic mass is 10.1. The van der Waals surface area contributed by atoms with E-state index >= 15 is 0 Å². The Kier molecular flexibility index (Phi) is 5.82. The van der Waals surface area contributed by atoms with E-state index in [0.717, 1.165) is 16.3 Å². The van der Waals surface area contributed by atoms with Crippen LogP contribution in [0.4, 0.5) is 0 Å². The predicted octanol–water partition coefficient (Wildman–Crippen LogP) is 4.74. The third kappa shape index (κ3) is 4.60. The second-order valence-corrected chi connectivity index (χ2v) is 8.06. The van der Waals surface area contributed by atoms with Gasteiger partial charge in [-0.05, 0) is 51.3 Å². The summed E-state index contributed by atoms with van der Waals surface area (Å²) >= 11 is 4.89. The molecule has 2 N–H and O–H groups in total. The number of amides is 1. The maximum absolute atomic E-state index is 11.4. The van der Waals surface area contributed by atoms with E-state index in [1.807, 2.05) is 47.0 Å². The zero-order valence-corrected chi connectivity index (χ0v) is 17.7. The number of primary amides is 1. The molecule has 4 rings (SSSR count). The summed E-state index contributed by atoms with van der Waals surface area (Å²) in [6.45, 7) is 0.616. The van der Waals surface area contributed by atoms with Crippen LogP contribution in [0.25, 0.3) is 11.6 Å². The van der Waals surface area contributed by atoms with Crippen LogP contribution in [0.3, 0.4) is 0 Å². The van der Waals surface area contributed by atoms with Crippen LogP contribution in [-0.2, 0) is 12.3 Å². The summed E-state index contributed by atoms with van der Waals surface area (Å²) in [7, 11) is 0. The number of aromatic nitrogens is 3. The molecule has 0 aliphatic rings. The van der Waals surface area contributed by atoms with E-state index in [-0.39, 0.29) is 0 Å². The van der Waals surface area contributed by atoms with E-state index in [9.17, 15) is 4.79 Å². The van der Waals surface area contributed by atoms with Crippen molar-refractivity contribution in [2.45, 2.75) is 17.5 Å². The quantitative estimate of drug-likeness (QED) is 0.395. The van der Waals surface area contributed by atoms with E-state index < -0.39 is 5.91 Å². The van der Waals surface area contributed by atoms with Gasteiger partial charge in [-0.25, -0.2) is 0 Å². The number of hydrogen-bond donors (Lipinski definition) is 1. The van der Waals surface area contributed by atoms with Crippen LogP contribution >= 0.6 is 27.7 Å². The highest BCUT2D eigenvalue weighted by molar-refractivity contribution is 9.10. The maximum atomic E-state index is 11.4. The number of benzene rings is 2. The summed E-state index contributed by atoms with van der Waals surface area (Å²) in [6, 6.07) is 21.1. The van der Waals surface area contributed by atoms with E-state index in [4.69, 9.17) is 10.2 Å². The van der Waals surface area contributed by atoms with Gasteiger partial charge in [0, 0.05) is 11.3 Å². The number of hydrogen-bond acceptors (Lipinski definition) is 5. The van der Waals surface area contributed by atoms with Crippen molar-refractivity contribution in [1.82, 2.24) is 14.8 Å². The number of nitrogens with two attached hydrogens (primary N) is 1. The van der Waals surface area contributed by atoms with Gasteiger partial charge in [0.1, 0.15) is 0 Å². The van der Waals surface area contributed by atoms with Gasteiger partial charge in [-0.3, -0.25) is 9.36 Å². The second kappa shape index (κ2) is 8.67. The first-order valence-electron chi connectivity index (χ1n) is 8.84. The van der Waals surface area contributed by atoms with Crippen LogP contribution < -0.4 is 5.73 Å². The summed E-state index contributed by atoms with van der Waals surface area (Å²) in [5.41, 5.74) is 8.00. The van der Waals surface area contributed by atoms with Crippen LogP contribution in [0.5, 0.6) is 0 Å². The van der Waals surface area contributed by atoms with Gasteiger partial charge in [-0.15, -0.1) is 10.2 Å². The van der Waals surface area contributed by atoms with Crippen molar-refractivity contribution in [3.8, 4) is 11.6 Å². The Morgan fingerprint density at radius 3 is 2.55 bits per heavy atom. The molecule has 8 heteroatoms. The number of thioether (sulfide) groups is 1. The molecule has 2 heterocycles. The largest absolute Gasteiger partial charge is 0.446 e. The summed E-state index contributed by atoms with van der Waals surface area (Å²) in [5, 5.41) is 9.50. The molecular formula is C21H17BrN4O2S. The zero-order valence-electron chi connectivity index (χ0n) is 15.3. The first kappa shape index (κ1) is 19.5. The Bertz CT molecular complexity index is 1140. The van der Waals surface area contributed by atoms with Crippen molar-refractivity contribution in [3.63, 3.8) is 0 Å². The molecule has 6 nitrogen and oxygen atoms in total. The molecule has 1 amide bonds. The lowest BCUT2D eigenvalue weighted by Crippen LogP contribution is -2.10. The molecule has 0 saturated carbocycles. The molecule has 0 bridgehead atoms. The average Bonchev–Trinajstić information content (AvgIpc) is 3.33. The van der Waals surface area contributed by atoms with Gasteiger partial charge in [0.2, 0.25) is 11.7 Å². The Hall–Kier alpha value is -2.84. The van der Waals surface area contributed by atoms with Gasteiger partial charge in [0.05, 0.1) is 6.54 Å². The van der Waals surface area contributed by atoms with Crippen LogP contribution in [0.2, 0.25) is 0 Å². The lowest BCUT2D eigenvalue weighted by molar-refractivity contribution is 0.1000. The van der Waals surface area contributed by atoms with Gasteiger partial charge < -0.3 is 10.2 Å². The molecule has 4 aromatic rings. The fourth-order valence-corrected chi connectivity index (χ4v) is 4.07. The first-order valence-corrected chi connectivity index (χ1v) is 10.6. The SMILES string of the molecule is NC(=O)c1cccc(CSc2nnc(-c3ccc(Br)o3)n2Cc2ccccc2)c1. The topological polar surface area (TPSA) is 86.9 Å². The van der Waals surface area contributed by atoms with Crippen LogP contribution in [0.15, 0.2) is 81.0 Å². The minimum Gasteiger partial charge on any atom is -0.446 e. The number of halogens is 1. The standard InChI is InChI=1S/C21H17BrN4O2S/c22-18-10-9-17(28-18)20-24-25-21(26(20)12-14-5-2-1-3-6-14)29-13-15-7-4-8-16(11-15)19(23)27/h1-11H,12-13H2,(H2,23,27). The van der Waals surface area contributed by atoms with Crippen molar-refractivity contribution >= 4 is 33.6 Å². The van der Waals surface area contributed by atoms with E-state index in [2.05, 4.69) is 38.3 Å². The summed E-state index contributed by atoms with van der Waals surface area (Å²) in [4.78, 5) is 11.4. The second-order valence-electron chi connectivity index (χ2n) is 6.33. The maximum Gasteiger partial charge on any atom is 0.248 e. The molecule has 2 aromatic heterocycles. The molecule has 0 atom stereocenters. The fourth-order valence-electron chi connectivity index (χ4n) is 2.88. The third-order valence-corrected chi connectivity index (χ3v) is 5.74. The van der Waals surface area contributed by atoms with E-state index in [0.29, 0.717) is 34.1 Å². The Morgan fingerprint density at radius 1 is 1.03 bits per heavy atom. The lowest BCUT2D eigenvalue weighted by Gasteiger charge is -2.09. The van der Waals surface area contributed by atoms with Crippen LogP contribution in [0, 0.1) is 0 Å². The number of carbonyl (C=O) groups is 1. The van der Waals surface area contributed by atoms with Gasteiger partial charge in [0.25, 0.3) is 0 Å². The van der Waals surface area contributed by atoms with Crippen molar-refractivity contribution in [1.29, 1.82) is 0 Å². The van der Waals surface area contributed by atoms with Gasteiger partial charge in [-0.1, -0.05) is 54.2 Å². The highest BCUT2D eigenvalue weighted by atomic mass is 79.9. The normalized spacial score (nSPS) is 10.9. The van der Waals surface area contributed by atoms with Crippen molar-refractivity contribution < 1.29 is 9.21 Å². The minimum atomic E-state index is -0.435. The smallest absolute Gasteiger partial charge is 0.248 e. The Morgan fingerprint density at radius 2 is 1.83 bits per heavy atom. The summed E-state index contributed by atoms with van der Waals surface area (Å²) < 4.78 is 8.37. The molecule has 0 aliphatic carbocycles. The monoisotopic (exact) mass is 468 g/mol. The molecule has 0 aliphatic heterocycles. The summed E-state index contributed by atoms with van der Waals surface area (Å²) in [6.07, 6.45) is 0. The van der Waals surface area contributed by atoms with E-state index in [1.54, 1.807) is 23.9 Å². The molecule has 0 fully saturated rings. The third-order valence-electron chi connectivity index (χ3n) is 4.27. The molecule has 0 unspecified atom stereocenters. The van der Waals surface area contributed by atoms with Gasteiger partial charge in [0.15, 0.2) is 15.6 Å². The molecule has 0 saturated heterocycles. The number of carbonyl (C=O) groups excluding carboxylic acids is 1. The molecule has 0 spiro atoms. The number of rotatable bonds is 7. The Balaban J connectivity index is 1.63. The molecule has 0 radical (unpaired) electrons. The molecular weight excluding hydrogens is 452 g/mol. The molecule has 2 aromatic carbocycles. The highest BCUT2D eigenvalue weighted by Gasteiger charge is 2.18. The Labute approximate surface area is 180 Å². The zero-order chi connectivity index (χ0) is 20.2. The predicted molar refractivity (Wildman–Crippen MR) is 115 cm³/mol. The highest BCUT2D eigenvalue weighted by Crippen LogP contribution is 2.29. The van der Waals surface area contributed by atoms with Crippen LogP contribution in [-0.4, -0.2) is 20.7 Å². The van der Waals surface area contributed by atoms with Crippen LogP contribution in [0.1, 0.15) is 21.5 Å². The van der Waals surface area contributed by atoms with Crippen molar-refractivity contribution in [2.24, 2.45) is 5.73 Å².